The van der Waals surface area contributed by atoms with Gasteiger partial charge in [0.2, 0.25) is 0 Å². The number of nitrogens with one attached hydrogen (secondary N) is 1. The van der Waals surface area contributed by atoms with Crippen molar-refractivity contribution in [3.05, 3.63) is 32.4 Å². The SMILES string of the molecule is CCc1cc(I)c2c(c1)CCNC2. The van der Waals surface area contributed by atoms with Gasteiger partial charge in [-0.1, -0.05) is 13.0 Å². The molecular weight excluding hydrogens is 273 g/mol. The van der Waals surface area contributed by atoms with Gasteiger partial charge in [-0.3, -0.25) is 0 Å². The van der Waals surface area contributed by atoms with Crippen molar-refractivity contribution in [1.82, 2.24) is 5.32 Å². The van der Waals surface area contributed by atoms with E-state index >= 15 is 0 Å². The second kappa shape index (κ2) is 3.96. The lowest BCUT2D eigenvalue weighted by Crippen LogP contribution is -2.24. The lowest BCUT2D eigenvalue weighted by atomic mass is 9.98. The van der Waals surface area contributed by atoms with Crippen LogP contribution in [-0.2, 0) is 19.4 Å². The van der Waals surface area contributed by atoms with E-state index in [1.807, 2.05) is 0 Å². The number of benzene rings is 1. The van der Waals surface area contributed by atoms with Crippen LogP contribution in [0, 0.1) is 3.57 Å². The first-order valence-corrected chi connectivity index (χ1v) is 5.90. The Labute approximate surface area is 93.1 Å². The molecule has 0 aromatic heterocycles. The fourth-order valence-corrected chi connectivity index (χ4v) is 2.75. The summed E-state index contributed by atoms with van der Waals surface area (Å²) in [5.41, 5.74) is 4.55. The Morgan fingerprint density at radius 1 is 1.46 bits per heavy atom. The first-order valence-electron chi connectivity index (χ1n) is 4.82. The third kappa shape index (κ3) is 1.89. The molecule has 1 N–H and O–H groups in total. The first kappa shape index (κ1) is 9.46. The molecule has 0 saturated heterocycles. The van der Waals surface area contributed by atoms with Crippen LogP contribution in [-0.4, -0.2) is 6.54 Å². The summed E-state index contributed by atoms with van der Waals surface area (Å²) in [7, 11) is 0. The predicted molar refractivity (Wildman–Crippen MR) is 63.9 cm³/mol. The fourth-order valence-electron chi connectivity index (χ4n) is 1.82. The van der Waals surface area contributed by atoms with E-state index in [0.29, 0.717) is 0 Å². The number of hydrogen-bond donors (Lipinski definition) is 1. The standard InChI is InChI=1S/C11H14IN/c1-2-8-5-9-3-4-13-7-10(9)11(12)6-8/h5-6,13H,2-4,7H2,1H3. The highest BCUT2D eigenvalue weighted by Gasteiger charge is 2.12. The van der Waals surface area contributed by atoms with Crippen LogP contribution in [0.4, 0.5) is 0 Å². The second-order valence-corrected chi connectivity index (χ2v) is 4.66. The van der Waals surface area contributed by atoms with E-state index in [9.17, 15) is 0 Å². The monoisotopic (exact) mass is 287 g/mol. The Kier molecular flexibility index (Phi) is 2.89. The largest absolute Gasteiger partial charge is 0.312 e. The Morgan fingerprint density at radius 2 is 2.31 bits per heavy atom. The molecule has 0 spiro atoms. The molecule has 0 saturated carbocycles. The van der Waals surface area contributed by atoms with Gasteiger partial charge in [-0.15, -0.1) is 0 Å². The zero-order chi connectivity index (χ0) is 9.26. The van der Waals surface area contributed by atoms with Gasteiger partial charge >= 0.3 is 0 Å². The van der Waals surface area contributed by atoms with E-state index in [1.165, 1.54) is 21.1 Å². The van der Waals surface area contributed by atoms with Crippen LogP contribution in [0.25, 0.3) is 0 Å². The van der Waals surface area contributed by atoms with Crippen LogP contribution < -0.4 is 5.32 Å². The summed E-state index contributed by atoms with van der Waals surface area (Å²) in [4.78, 5) is 0. The molecule has 13 heavy (non-hydrogen) atoms. The molecule has 0 amide bonds. The molecule has 1 aromatic rings. The number of aryl methyl sites for hydroxylation is 1. The normalized spacial score (nSPS) is 15.5. The number of rotatable bonds is 1. The highest BCUT2D eigenvalue weighted by atomic mass is 127. The van der Waals surface area contributed by atoms with Crippen LogP contribution in [0.3, 0.4) is 0 Å². The molecular formula is C11H14IN. The molecule has 0 unspecified atom stereocenters. The Bertz CT molecular complexity index is 320. The van der Waals surface area contributed by atoms with E-state index in [1.54, 1.807) is 5.56 Å². The number of halogens is 1. The minimum absolute atomic E-state index is 1.05. The molecule has 0 atom stereocenters. The third-order valence-electron chi connectivity index (χ3n) is 2.63. The van der Waals surface area contributed by atoms with Gasteiger partial charge < -0.3 is 5.32 Å². The van der Waals surface area contributed by atoms with E-state index < -0.39 is 0 Å². The molecule has 1 heterocycles. The molecule has 0 fully saturated rings. The maximum Gasteiger partial charge on any atom is 0.0218 e. The highest BCUT2D eigenvalue weighted by molar-refractivity contribution is 14.1. The average Bonchev–Trinajstić information content (AvgIpc) is 2.18. The van der Waals surface area contributed by atoms with Crippen LogP contribution >= 0.6 is 22.6 Å². The Hall–Kier alpha value is -0.0900. The zero-order valence-electron chi connectivity index (χ0n) is 7.86. The van der Waals surface area contributed by atoms with E-state index in [4.69, 9.17) is 0 Å². The van der Waals surface area contributed by atoms with Gasteiger partial charge in [0.25, 0.3) is 0 Å². The van der Waals surface area contributed by atoms with Gasteiger partial charge in [-0.05, 0) is 64.7 Å². The van der Waals surface area contributed by atoms with Crippen molar-refractivity contribution < 1.29 is 0 Å². The number of hydrogen-bond acceptors (Lipinski definition) is 1. The average molecular weight is 287 g/mol. The highest BCUT2D eigenvalue weighted by Crippen LogP contribution is 2.22. The summed E-state index contributed by atoms with van der Waals surface area (Å²) in [6.07, 6.45) is 2.34. The van der Waals surface area contributed by atoms with Crippen LogP contribution in [0.5, 0.6) is 0 Å². The second-order valence-electron chi connectivity index (χ2n) is 3.50. The topological polar surface area (TPSA) is 12.0 Å². The van der Waals surface area contributed by atoms with Gasteiger partial charge in [-0.25, -0.2) is 0 Å². The molecule has 0 bridgehead atoms. The Morgan fingerprint density at radius 3 is 3.08 bits per heavy atom. The van der Waals surface area contributed by atoms with Gasteiger partial charge in [0, 0.05) is 10.1 Å². The van der Waals surface area contributed by atoms with Gasteiger partial charge in [0.05, 0.1) is 0 Å². The molecule has 1 aliphatic rings. The van der Waals surface area contributed by atoms with E-state index in [-0.39, 0.29) is 0 Å². The molecule has 2 heteroatoms. The van der Waals surface area contributed by atoms with Crippen LogP contribution in [0.15, 0.2) is 12.1 Å². The number of fused-ring (bicyclic) bond motifs is 1. The molecule has 1 aromatic carbocycles. The van der Waals surface area contributed by atoms with Gasteiger partial charge in [0.15, 0.2) is 0 Å². The molecule has 1 aliphatic heterocycles. The molecule has 2 rings (SSSR count). The maximum atomic E-state index is 3.41. The quantitative estimate of drug-likeness (QED) is 0.783. The lowest BCUT2D eigenvalue weighted by molar-refractivity contribution is 0.640. The fraction of sp³-hybridized carbons (Fsp3) is 0.455. The Balaban J connectivity index is 2.47. The minimum Gasteiger partial charge on any atom is -0.312 e. The lowest BCUT2D eigenvalue weighted by Gasteiger charge is -2.19. The third-order valence-corrected chi connectivity index (χ3v) is 3.59. The van der Waals surface area contributed by atoms with Gasteiger partial charge in [0.1, 0.15) is 0 Å². The summed E-state index contributed by atoms with van der Waals surface area (Å²) in [6, 6.07) is 4.69. The van der Waals surface area contributed by atoms with Crippen molar-refractivity contribution in [2.75, 3.05) is 6.54 Å². The molecule has 0 radical (unpaired) electrons. The van der Waals surface area contributed by atoms with Crippen molar-refractivity contribution in [2.45, 2.75) is 26.3 Å². The molecule has 70 valence electrons. The van der Waals surface area contributed by atoms with Crippen molar-refractivity contribution in [1.29, 1.82) is 0 Å². The smallest absolute Gasteiger partial charge is 0.0218 e. The van der Waals surface area contributed by atoms with Crippen LogP contribution in [0.2, 0.25) is 0 Å². The minimum atomic E-state index is 1.05. The first-order chi connectivity index (χ1) is 6.31. The van der Waals surface area contributed by atoms with Gasteiger partial charge in [-0.2, -0.15) is 0 Å². The summed E-state index contributed by atoms with van der Waals surface area (Å²) in [5.74, 6) is 0. The maximum absolute atomic E-state index is 3.41. The molecule has 0 aliphatic carbocycles. The summed E-state index contributed by atoms with van der Waals surface area (Å²) >= 11 is 2.45. The van der Waals surface area contributed by atoms with Crippen molar-refractivity contribution >= 4 is 22.6 Å². The zero-order valence-corrected chi connectivity index (χ0v) is 10.0. The predicted octanol–water partition coefficient (Wildman–Crippen LogP) is 2.50. The van der Waals surface area contributed by atoms with Crippen molar-refractivity contribution in [3.8, 4) is 0 Å². The molecule has 1 nitrogen and oxygen atoms in total. The summed E-state index contributed by atoms with van der Waals surface area (Å²) in [5, 5.41) is 3.41. The summed E-state index contributed by atoms with van der Waals surface area (Å²) < 4.78 is 1.43. The van der Waals surface area contributed by atoms with Crippen molar-refractivity contribution in [2.24, 2.45) is 0 Å². The van der Waals surface area contributed by atoms with E-state index in [0.717, 1.165) is 19.5 Å². The summed E-state index contributed by atoms with van der Waals surface area (Å²) in [6.45, 7) is 4.41. The van der Waals surface area contributed by atoms with Crippen molar-refractivity contribution in [3.63, 3.8) is 0 Å². The van der Waals surface area contributed by atoms with E-state index in [2.05, 4.69) is 47.0 Å². The van der Waals surface area contributed by atoms with Crippen LogP contribution in [0.1, 0.15) is 23.6 Å².